The predicted molar refractivity (Wildman–Crippen MR) is 65.2 cm³/mol. The van der Waals surface area contributed by atoms with E-state index in [2.05, 4.69) is 4.99 Å². The summed E-state index contributed by atoms with van der Waals surface area (Å²) in [6.45, 7) is 0.366. The van der Waals surface area contributed by atoms with Crippen molar-refractivity contribution in [3.8, 4) is 5.75 Å². The Labute approximate surface area is 93.7 Å². The van der Waals surface area contributed by atoms with E-state index >= 15 is 0 Å². The van der Waals surface area contributed by atoms with Crippen molar-refractivity contribution in [3.05, 3.63) is 42.0 Å². The number of hydrogen-bond donors (Lipinski definition) is 2. The minimum Gasteiger partial charge on any atom is -0.507 e. The Morgan fingerprint density at radius 1 is 1.12 bits per heavy atom. The first kappa shape index (κ1) is 10.6. The molecule has 0 heterocycles. The average molecular weight is 215 g/mol. The van der Waals surface area contributed by atoms with Crippen molar-refractivity contribution in [2.24, 2.45) is 4.99 Å². The van der Waals surface area contributed by atoms with Gasteiger partial charge in [0.2, 0.25) is 0 Å². The molecule has 0 saturated heterocycles. The van der Waals surface area contributed by atoms with Gasteiger partial charge in [0, 0.05) is 11.8 Å². The van der Waals surface area contributed by atoms with Crippen molar-refractivity contribution in [2.75, 3.05) is 13.2 Å². The molecular weight excluding hydrogens is 202 g/mol. The van der Waals surface area contributed by atoms with Crippen LogP contribution in [0.5, 0.6) is 5.75 Å². The number of fused-ring (bicyclic) bond motifs is 1. The monoisotopic (exact) mass is 215 g/mol. The van der Waals surface area contributed by atoms with Crippen molar-refractivity contribution >= 4 is 17.0 Å². The first-order valence-corrected chi connectivity index (χ1v) is 5.14. The highest BCUT2D eigenvalue weighted by molar-refractivity contribution is 6.02. The minimum atomic E-state index is 0.0159. The van der Waals surface area contributed by atoms with E-state index in [4.69, 9.17) is 5.11 Å². The fourth-order valence-electron chi connectivity index (χ4n) is 1.63. The van der Waals surface area contributed by atoms with Crippen LogP contribution < -0.4 is 0 Å². The first-order chi connectivity index (χ1) is 7.83. The quantitative estimate of drug-likeness (QED) is 0.769. The number of aliphatic imine (C=N–C) groups is 1. The summed E-state index contributed by atoms with van der Waals surface area (Å²) < 4.78 is 0. The zero-order valence-corrected chi connectivity index (χ0v) is 8.80. The molecule has 0 unspecified atom stereocenters. The van der Waals surface area contributed by atoms with E-state index in [1.807, 2.05) is 30.3 Å². The largest absolute Gasteiger partial charge is 0.507 e. The molecule has 2 rings (SSSR count). The van der Waals surface area contributed by atoms with Crippen LogP contribution in [0.15, 0.2) is 41.4 Å². The van der Waals surface area contributed by atoms with Crippen LogP contribution in [-0.4, -0.2) is 29.6 Å². The molecule has 2 aromatic rings. The summed E-state index contributed by atoms with van der Waals surface area (Å²) in [6, 6.07) is 11.3. The second-order valence-electron chi connectivity index (χ2n) is 3.48. The van der Waals surface area contributed by atoms with Crippen LogP contribution >= 0.6 is 0 Å². The van der Waals surface area contributed by atoms with Gasteiger partial charge in [0.15, 0.2) is 0 Å². The molecule has 0 aliphatic heterocycles. The number of phenolic OH excluding ortho intramolecular Hbond substituents is 1. The smallest absolute Gasteiger partial charge is 0.124 e. The van der Waals surface area contributed by atoms with E-state index in [1.54, 1.807) is 12.3 Å². The van der Waals surface area contributed by atoms with Crippen molar-refractivity contribution in [2.45, 2.75) is 0 Å². The van der Waals surface area contributed by atoms with Crippen LogP contribution in [0, 0.1) is 0 Å². The van der Waals surface area contributed by atoms with E-state index in [0.29, 0.717) is 12.1 Å². The van der Waals surface area contributed by atoms with Crippen LogP contribution in [0.3, 0.4) is 0 Å². The van der Waals surface area contributed by atoms with Crippen molar-refractivity contribution in [1.29, 1.82) is 0 Å². The Morgan fingerprint density at radius 2 is 1.94 bits per heavy atom. The fourth-order valence-corrected chi connectivity index (χ4v) is 1.63. The van der Waals surface area contributed by atoms with Gasteiger partial charge in [0.1, 0.15) is 5.75 Å². The maximum Gasteiger partial charge on any atom is 0.124 e. The Hall–Kier alpha value is -1.87. The molecule has 0 atom stereocenters. The molecule has 0 spiro atoms. The lowest BCUT2D eigenvalue weighted by molar-refractivity contribution is 0.307. The highest BCUT2D eigenvalue weighted by atomic mass is 16.3. The third kappa shape index (κ3) is 2.04. The number of rotatable bonds is 3. The lowest BCUT2D eigenvalue weighted by Crippen LogP contribution is -1.91. The molecule has 16 heavy (non-hydrogen) atoms. The summed E-state index contributed by atoms with van der Waals surface area (Å²) in [5, 5.41) is 20.4. The van der Waals surface area contributed by atoms with Gasteiger partial charge in [-0.3, -0.25) is 4.99 Å². The molecule has 3 heteroatoms. The van der Waals surface area contributed by atoms with E-state index in [0.717, 1.165) is 10.8 Å². The molecule has 0 aromatic heterocycles. The Bertz CT molecular complexity index is 520. The lowest BCUT2D eigenvalue weighted by atomic mass is 10.0. The summed E-state index contributed by atoms with van der Waals surface area (Å²) in [4.78, 5) is 4.04. The van der Waals surface area contributed by atoms with Gasteiger partial charge in [-0.25, -0.2) is 0 Å². The summed E-state index contributed by atoms with van der Waals surface area (Å²) >= 11 is 0. The Balaban J connectivity index is 2.52. The third-order valence-corrected chi connectivity index (χ3v) is 2.40. The maximum absolute atomic E-state index is 9.75. The Morgan fingerprint density at radius 3 is 2.75 bits per heavy atom. The van der Waals surface area contributed by atoms with E-state index in [-0.39, 0.29) is 12.4 Å². The molecule has 0 bridgehead atoms. The molecule has 82 valence electrons. The van der Waals surface area contributed by atoms with E-state index in [9.17, 15) is 5.11 Å². The highest BCUT2D eigenvalue weighted by Gasteiger charge is 2.03. The maximum atomic E-state index is 9.75. The number of aliphatic hydroxyl groups is 1. The molecule has 0 radical (unpaired) electrons. The number of nitrogens with zero attached hydrogens (tertiary/aromatic N) is 1. The van der Waals surface area contributed by atoms with Gasteiger partial charge in [0.05, 0.1) is 13.2 Å². The molecule has 0 saturated carbocycles. The van der Waals surface area contributed by atoms with E-state index < -0.39 is 0 Å². The molecule has 0 aliphatic carbocycles. The number of hydrogen-bond acceptors (Lipinski definition) is 3. The third-order valence-electron chi connectivity index (χ3n) is 2.40. The number of aromatic hydroxyl groups is 1. The minimum absolute atomic E-state index is 0.0159. The van der Waals surface area contributed by atoms with Gasteiger partial charge in [-0.05, 0) is 16.8 Å². The number of benzene rings is 2. The molecule has 0 fully saturated rings. The van der Waals surface area contributed by atoms with Gasteiger partial charge < -0.3 is 10.2 Å². The molecule has 2 N–H and O–H groups in total. The zero-order chi connectivity index (χ0) is 11.4. The van der Waals surface area contributed by atoms with Gasteiger partial charge >= 0.3 is 0 Å². The van der Waals surface area contributed by atoms with Crippen molar-refractivity contribution < 1.29 is 10.2 Å². The van der Waals surface area contributed by atoms with Gasteiger partial charge in [-0.2, -0.15) is 0 Å². The normalized spacial score (nSPS) is 11.3. The van der Waals surface area contributed by atoms with Crippen LogP contribution in [0.1, 0.15) is 5.56 Å². The summed E-state index contributed by atoms with van der Waals surface area (Å²) in [5.74, 6) is 0.209. The molecule has 2 aromatic carbocycles. The van der Waals surface area contributed by atoms with Crippen LogP contribution in [0.2, 0.25) is 0 Å². The van der Waals surface area contributed by atoms with Gasteiger partial charge in [0.25, 0.3) is 0 Å². The molecule has 3 nitrogen and oxygen atoms in total. The van der Waals surface area contributed by atoms with Crippen LogP contribution in [0.25, 0.3) is 10.8 Å². The number of phenols is 1. The average Bonchev–Trinajstić information content (AvgIpc) is 2.32. The highest BCUT2D eigenvalue weighted by Crippen LogP contribution is 2.25. The zero-order valence-electron chi connectivity index (χ0n) is 8.80. The standard InChI is InChI=1S/C13H13NO2/c15-8-7-14-9-12-11-4-2-1-3-10(11)5-6-13(12)16/h1-6,9,15-16H,7-8H2. The van der Waals surface area contributed by atoms with E-state index in [1.165, 1.54) is 0 Å². The predicted octanol–water partition coefficient (Wildman–Crippen LogP) is 1.96. The summed E-state index contributed by atoms with van der Waals surface area (Å²) in [6.07, 6.45) is 1.61. The number of aliphatic hydroxyl groups excluding tert-OH is 1. The van der Waals surface area contributed by atoms with Crippen LogP contribution in [0.4, 0.5) is 0 Å². The van der Waals surface area contributed by atoms with Gasteiger partial charge in [-0.15, -0.1) is 0 Å². The van der Waals surface area contributed by atoms with Gasteiger partial charge in [-0.1, -0.05) is 30.3 Å². The molecular formula is C13H13NO2. The topological polar surface area (TPSA) is 52.8 Å². The first-order valence-electron chi connectivity index (χ1n) is 5.14. The summed E-state index contributed by atoms with van der Waals surface area (Å²) in [5.41, 5.74) is 0.701. The lowest BCUT2D eigenvalue weighted by Gasteiger charge is -2.04. The SMILES string of the molecule is OCCN=Cc1c(O)ccc2ccccc12. The molecule has 0 amide bonds. The summed E-state index contributed by atoms with van der Waals surface area (Å²) in [7, 11) is 0. The fraction of sp³-hybridized carbons (Fsp3) is 0.154. The second-order valence-corrected chi connectivity index (χ2v) is 3.48. The Kier molecular flexibility index (Phi) is 3.17. The molecule has 0 aliphatic rings. The second kappa shape index (κ2) is 4.77. The van der Waals surface area contributed by atoms with Crippen molar-refractivity contribution in [1.82, 2.24) is 0 Å². The van der Waals surface area contributed by atoms with Crippen LogP contribution in [-0.2, 0) is 0 Å². The van der Waals surface area contributed by atoms with Crippen molar-refractivity contribution in [3.63, 3.8) is 0 Å².